The first-order valence-corrected chi connectivity index (χ1v) is 12.2. The topological polar surface area (TPSA) is 120 Å². The Balaban J connectivity index is 1.72. The maximum atomic E-state index is 13.3. The van der Waals surface area contributed by atoms with E-state index in [0.717, 1.165) is 11.1 Å². The summed E-state index contributed by atoms with van der Waals surface area (Å²) >= 11 is 0. The lowest BCUT2D eigenvalue weighted by Crippen LogP contribution is -2.15. The van der Waals surface area contributed by atoms with Crippen molar-refractivity contribution >= 4 is 32.7 Å². The molecule has 4 aromatic rings. The largest absolute Gasteiger partial charge is 0.322 e. The molecule has 3 N–H and O–H groups in total. The van der Waals surface area contributed by atoms with E-state index in [-0.39, 0.29) is 17.7 Å². The van der Waals surface area contributed by atoms with Crippen molar-refractivity contribution < 1.29 is 13.2 Å². The van der Waals surface area contributed by atoms with Crippen molar-refractivity contribution in [1.29, 1.82) is 0 Å². The SMILES string of the molecule is Cc1ccc(-c2cc(C(=O)Nc3ccc(CS(N)(=O)=O)cc3)c3cnn(C(C)C)c3n2)cc1. The molecule has 2 aromatic carbocycles. The molecule has 8 nitrogen and oxygen atoms in total. The standard InChI is InChI=1S/C24H25N5O3S/c1-15(2)29-23-21(13-26-29)20(12-22(28-23)18-8-4-16(3)5-9-18)24(30)27-19-10-6-17(7-11-19)14-33(25,31)32/h4-13,15H,14H2,1-3H3,(H,27,30)(H2,25,31,32). The number of anilines is 1. The maximum absolute atomic E-state index is 13.3. The van der Waals surface area contributed by atoms with E-state index in [0.29, 0.717) is 33.5 Å². The Morgan fingerprint density at radius 3 is 2.36 bits per heavy atom. The minimum atomic E-state index is -3.62. The second-order valence-electron chi connectivity index (χ2n) is 8.30. The molecule has 2 aromatic heterocycles. The van der Waals surface area contributed by atoms with Gasteiger partial charge >= 0.3 is 0 Å². The van der Waals surface area contributed by atoms with Gasteiger partial charge in [-0.15, -0.1) is 0 Å². The van der Waals surface area contributed by atoms with Crippen LogP contribution in [0, 0.1) is 6.92 Å². The van der Waals surface area contributed by atoms with Crippen molar-refractivity contribution in [2.24, 2.45) is 5.14 Å². The minimum absolute atomic E-state index is 0.0746. The fourth-order valence-corrected chi connectivity index (χ4v) is 4.23. The number of nitrogens with two attached hydrogens (primary N) is 1. The van der Waals surface area contributed by atoms with Crippen LogP contribution in [0.15, 0.2) is 60.8 Å². The van der Waals surface area contributed by atoms with Gasteiger partial charge in [0.1, 0.15) is 0 Å². The van der Waals surface area contributed by atoms with E-state index in [1.807, 2.05) is 45.0 Å². The first-order valence-electron chi connectivity index (χ1n) is 10.5. The fraction of sp³-hybridized carbons (Fsp3) is 0.208. The number of pyridine rings is 1. The second kappa shape index (κ2) is 8.76. The Bertz CT molecular complexity index is 1420. The van der Waals surface area contributed by atoms with Crippen molar-refractivity contribution in [3.63, 3.8) is 0 Å². The van der Waals surface area contributed by atoms with E-state index >= 15 is 0 Å². The lowest BCUT2D eigenvalue weighted by Gasteiger charge is -2.11. The highest BCUT2D eigenvalue weighted by atomic mass is 32.2. The van der Waals surface area contributed by atoms with Crippen LogP contribution in [0.25, 0.3) is 22.3 Å². The summed E-state index contributed by atoms with van der Waals surface area (Å²) in [5, 5.41) is 13.1. The lowest BCUT2D eigenvalue weighted by atomic mass is 10.0. The van der Waals surface area contributed by atoms with Gasteiger partial charge in [-0.2, -0.15) is 5.10 Å². The molecule has 170 valence electrons. The highest BCUT2D eigenvalue weighted by molar-refractivity contribution is 7.88. The number of carbonyl (C=O) groups is 1. The van der Waals surface area contributed by atoms with Crippen LogP contribution in [-0.4, -0.2) is 29.1 Å². The molecule has 0 unspecified atom stereocenters. The summed E-state index contributed by atoms with van der Waals surface area (Å²) in [6.45, 7) is 6.03. The van der Waals surface area contributed by atoms with Crippen molar-refractivity contribution in [3.8, 4) is 11.3 Å². The molecule has 0 aliphatic heterocycles. The minimum Gasteiger partial charge on any atom is -0.322 e. The van der Waals surface area contributed by atoms with Gasteiger partial charge in [0.2, 0.25) is 10.0 Å². The molecule has 9 heteroatoms. The summed E-state index contributed by atoms with van der Waals surface area (Å²) in [6.07, 6.45) is 1.66. The van der Waals surface area contributed by atoms with E-state index in [1.54, 1.807) is 41.2 Å². The highest BCUT2D eigenvalue weighted by Crippen LogP contribution is 2.27. The fourth-order valence-electron chi connectivity index (χ4n) is 3.57. The Morgan fingerprint density at radius 2 is 1.76 bits per heavy atom. The van der Waals surface area contributed by atoms with E-state index in [2.05, 4.69) is 10.4 Å². The number of aryl methyl sites for hydroxylation is 1. The number of nitrogens with zero attached hydrogens (tertiary/aromatic N) is 3. The average Bonchev–Trinajstić information content (AvgIpc) is 3.18. The van der Waals surface area contributed by atoms with Crippen molar-refractivity contribution in [1.82, 2.24) is 14.8 Å². The van der Waals surface area contributed by atoms with Crippen molar-refractivity contribution in [2.75, 3.05) is 5.32 Å². The molecule has 0 radical (unpaired) electrons. The number of nitrogens with one attached hydrogen (secondary N) is 1. The van der Waals surface area contributed by atoms with Crippen LogP contribution in [0.3, 0.4) is 0 Å². The number of fused-ring (bicyclic) bond motifs is 1. The predicted molar refractivity (Wildman–Crippen MR) is 129 cm³/mol. The van der Waals surface area contributed by atoms with Gasteiger partial charge in [0.25, 0.3) is 5.91 Å². The first kappa shape index (κ1) is 22.6. The van der Waals surface area contributed by atoms with Gasteiger partial charge in [-0.3, -0.25) is 4.79 Å². The summed E-state index contributed by atoms with van der Waals surface area (Å²) < 4.78 is 24.4. The van der Waals surface area contributed by atoms with Crippen LogP contribution in [-0.2, 0) is 15.8 Å². The summed E-state index contributed by atoms with van der Waals surface area (Å²) in [5.74, 6) is -0.571. The van der Waals surface area contributed by atoms with E-state index in [1.165, 1.54) is 0 Å². The number of amides is 1. The van der Waals surface area contributed by atoms with Crippen LogP contribution < -0.4 is 10.5 Å². The smallest absolute Gasteiger partial charge is 0.256 e. The van der Waals surface area contributed by atoms with Gasteiger partial charge in [-0.05, 0) is 44.5 Å². The number of hydrogen-bond acceptors (Lipinski definition) is 5. The van der Waals surface area contributed by atoms with Gasteiger partial charge in [-0.25, -0.2) is 23.2 Å². The van der Waals surface area contributed by atoms with Crippen molar-refractivity contribution in [2.45, 2.75) is 32.6 Å². The summed E-state index contributed by atoms with van der Waals surface area (Å²) in [5.41, 5.74) is 4.89. The third kappa shape index (κ3) is 5.10. The number of carbonyl (C=O) groups excluding carboxylic acids is 1. The maximum Gasteiger partial charge on any atom is 0.256 e. The number of sulfonamides is 1. The third-order valence-electron chi connectivity index (χ3n) is 5.23. The normalized spacial score (nSPS) is 11.8. The first-order chi connectivity index (χ1) is 15.6. The molecule has 33 heavy (non-hydrogen) atoms. The molecule has 0 aliphatic carbocycles. The quantitative estimate of drug-likeness (QED) is 0.447. The van der Waals surface area contributed by atoms with Crippen LogP contribution >= 0.6 is 0 Å². The number of rotatable bonds is 6. The molecule has 0 fully saturated rings. The Morgan fingerprint density at radius 1 is 1.09 bits per heavy atom. The number of primary sulfonamides is 1. The molecular weight excluding hydrogens is 438 g/mol. The van der Waals surface area contributed by atoms with E-state index < -0.39 is 10.0 Å². The Hall–Kier alpha value is -3.56. The molecule has 0 saturated heterocycles. The zero-order chi connectivity index (χ0) is 23.8. The molecule has 0 spiro atoms. The summed E-state index contributed by atoms with van der Waals surface area (Å²) in [6, 6.07) is 16.3. The van der Waals surface area contributed by atoms with Crippen LogP contribution in [0.1, 0.15) is 41.4 Å². The van der Waals surface area contributed by atoms with Crippen LogP contribution in [0.2, 0.25) is 0 Å². The number of aromatic nitrogens is 3. The number of hydrogen-bond donors (Lipinski definition) is 2. The van der Waals surface area contributed by atoms with E-state index in [4.69, 9.17) is 10.1 Å². The molecule has 0 saturated carbocycles. The molecular formula is C24H25N5O3S. The Labute approximate surface area is 192 Å². The van der Waals surface area contributed by atoms with Crippen molar-refractivity contribution in [3.05, 3.63) is 77.5 Å². The highest BCUT2D eigenvalue weighted by Gasteiger charge is 2.19. The van der Waals surface area contributed by atoms with Crippen LogP contribution in [0.5, 0.6) is 0 Å². The molecule has 0 bridgehead atoms. The van der Waals surface area contributed by atoms with Gasteiger partial charge in [-0.1, -0.05) is 42.0 Å². The number of benzene rings is 2. The second-order valence-corrected chi connectivity index (χ2v) is 9.91. The van der Waals surface area contributed by atoms with Gasteiger partial charge < -0.3 is 5.32 Å². The lowest BCUT2D eigenvalue weighted by molar-refractivity contribution is 0.102. The predicted octanol–water partition coefficient (Wildman–Crippen LogP) is 4.03. The Kier molecular flexibility index (Phi) is 6.01. The van der Waals surface area contributed by atoms with Gasteiger partial charge in [0.15, 0.2) is 5.65 Å². The molecule has 0 aliphatic rings. The summed E-state index contributed by atoms with van der Waals surface area (Å²) in [4.78, 5) is 18.1. The third-order valence-corrected chi connectivity index (χ3v) is 5.96. The van der Waals surface area contributed by atoms with Crippen LogP contribution in [0.4, 0.5) is 5.69 Å². The molecule has 4 rings (SSSR count). The van der Waals surface area contributed by atoms with Gasteiger partial charge in [0.05, 0.1) is 28.6 Å². The molecule has 2 heterocycles. The molecule has 0 atom stereocenters. The zero-order valence-corrected chi connectivity index (χ0v) is 19.4. The average molecular weight is 464 g/mol. The molecule has 1 amide bonds. The van der Waals surface area contributed by atoms with Gasteiger partial charge in [0, 0.05) is 17.3 Å². The monoisotopic (exact) mass is 463 g/mol. The van der Waals surface area contributed by atoms with E-state index in [9.17, 15) is 13.2 Å². The summed E-state index contributed by atoms with van der Waals surface area (Å²) in [7, 11) is -3.62. The zero-order valence-electron chi connectivity index (χ0n) is 18.6.